The van der Waals surface area contributed by atoms with E-state index < -0.39 is 17.8 Å². The summed E-state index contributed by atoms with van der Waals surface area (Å²) in [6, 6.07) is 15.6. The smallest absolute Gasteiger partial charge is 0.335 e. The Hall–Kier alpha value is -4.63. The van der Waals surface area contributed by atoms with Crippen LogP contribution < -0.4 is 25.0 Å². The molecule has 1 aliphatic heterocycles. The normalized spacial score (nSPS) is 14.3. The number of imide groups is 2. The lowest BCUT2D eigenvalue weighted by molar-refractivity contribution is -0.122. The van der Waals surface area contributed by atoms with Crippen molar-refractivity contribution in [2.75, 3.05) is 23.4 Å². The van der Waals surface area contributed by atoms with Crippen molar-refractivity contribution >= 4 is 52.8 Å². The maximum Gasteiger partial charge on any atom is 0.335 e. The predicted molar refractivity (Wildman–Crippen MR) is 148 cm³/mol. The topological polar surface area (TPSA) is 114 Å². The second kappa shape index (κ2) is 11.8. The van der Waals surface area contributed by atoms with Crippen LogP contribution in [0.4, 0.5) is 16.2 Å². The molecule has 200 valence electrons. The highest BCUT2D eigenvalue weighted by Crippen LogP contribution is 2.30. The minimum atomic E-state index is -0.859. The highest BCUT2D eigenvalue weighted by molar-refractivity contribution is 6.39. The van der Waals surface area contributed by atoms with Gasteiger partial charge in [-0.15, -0.1) is 0 Å². The van der Waals surface area contributed by atoms with Gasteiger partial charge in [-0.25, -0.2) is 9.69 Å². The van der Waals surface area contributed by atoms with Gasteiger partial charge in [0.2, 0.25) is 0 Å². The first-order valence-corrected chi connectivity index (χ1v) is 12.5. The average molecular weight is 548 g/mol. The molecule has 0 saturated carbocycles. The van der Waals surface area contributed by atoms with Gasteiger partial charge < -0.3 is 14.8 Å². The third-order valence-electron chi connectivity index (χ3n) is 5.91. The highest BCUT2D eigenvalue weighted by Gasteiger charge is 2.36. The molecule has 0 aliphatic carbocycles. The lowest BCUT2D eigenvalue weighted by atomic mass is 10.1. The number of carbonyl (C=O) groups excluding carboxylic acids is 4. The van der Waals surface area contributed by atoms with Crippen LogP contribution >= 0.6 is 11.6 Å². The van der Waals surface area contributed by atoms with Crippen LogP contribution in [0.3, 0.4) is 0 Å². The van der Waals surface area contributed by atoms with Crippen LogP contribution in [-0.2, 0) is 14.4 Å². The largest absolute Gasteiger partial charge is 0.490 e. The average Bonchev–Trinajstić information content (AvgIpc) is 2.89. The van der Waals surface area contributed by atoms with E-state index in [4.69, 9.17) is 21.1 Å². The lowest BCUT2D eigenvalue weighted by Gasteiger charge is -2.26. The Balaban J connectivity index is 1.52. The summed E-state index contributed by atoms with van der Waals surface area (Å²) >= 11 is 5.91. The van der Waals surface area contributed by atoms with Gasteiger partial charge in [-0.05, 0) is 92.1 Å². The van der Waals surface area contributed by atoms with Gasteiger partial charge in [0, 0.05) is 10.7 Å². The first-order chi connectivity index (χ1) is 18.7. The van der Waals surface area contributed by atoms with Crippen molar-refractivity contribution in [2.45, 2.75) is 20.8 Å². The molecule has 1 saturated heterocycles. The number of hydrogen-bond donors (Lipinski definition) is 2. The molecular formula is C29H26ClN3O6. The minimum Gasteiger partial charge on any atom is -0.490 e. The Morgan fingerprint density at radius 2 is 1.69 bits per heavy atom. The number of anilines is 2. The first-order valence-electron chi connectivity index (χ1n) is 12.1. The molecular weight excluding hydrogens is 522 g/mol. The standard InChI is InChI=1S/C29H26ClN3O6/c1-4-38-25-15-19(6-12-24(25)39-16-26(34)31-21-9-5-17(2)18(3)13-21)14-23-27(35)32-29(37)33(28(23)36)22-10-7-20(30)8-11-22/h5-15H,4,16H2,1-3H3,(H,31,34)(H,32,35,37)/b23-14-. The molecule has 0 aromatic heterocycles. The van der Waals surface area contributed by atoms with Gasteiger partial charge in [0.1, 0.15) is 5.57 Å². The fourth-order valence-electron chi connectivity index (χ4n) is 3.81. The zero-order valence-corrected chi connectivity index (χ0v) is 22.3. The predicted octanol–water partition coefficient (Wildman–Crippen LogP) is 5.04. The molecule has 1 aliphatic rings. The summed E-state index contributed by atoms with van der Waals surface area (Å²) in [5.74, 6) is -1.32. The van der Waals surface area contributed by atoms with Gasteiger partial charge >= 0.3 is 6.03 Å². The fourth-order valence-corrected chi connectivity index (χ4v) is 3.94. The molecule has 1 fully saturated rings. The van der Waals surface area contributed by atoms with E-state index in [1.165, 1.54) is 30.3 Å². The summed E-state index contributed by atoms with van der Waals surface area (Å²) in [6.07, 6.45) is 1.35. The second-order valence-corrected chi connectivity index (χ2v) is 9.15. The van der Waals surface area contributed by atoms with Crippen LogP contribution in [0.25, 0.3) is 6.08 Å². The molecule has 4 rings (SSSR count). The third kappa shape index (κ3) is 6.45. The zero-order chi connectivity index (χ0) is 28.1. The number of barbiturate groups is 1. The molecule has 9 nitrogen and oxygen atoms in total. The molecule has 0 unspecified atom stereocenters. The number of nitrogens with one attached hydrogen (secondary N) is 2. The monoisotopic (exact) mass is 547 g/mol. The number of halogens is 1. The van der Waals surface area contributed by atoms with E-state index in [1.807, 2.05) is 32.0 Å². The summed E-state index contributed by atoms with van der Waals surface area (Å²) in [5.41, 5.74) is 3.32. The third-order valence-corrected chi connectivity index (χ3v) is 6.17. The molecule has 0 radical (unpaired) electrons. The van der Waals surface area contributed by atoms with Crippen LogP contribution in [0.1, 0.15) is 23.6 Å². The number of benzene rings is 3. The van der Waals surface area contributed by atoms with Crippen molar-refractivity contribution < 1.29 is 28.7 Å². The van der Waals surface area contributed by atoms with Crippen LogP contribution in [0.2, 0.25) is 5.02 Å². The van der Waals surface area contributed by atoms with Gasteiger partial charge in [-0.2, -0.15) is 0 Å². The van der Waals surface area contributed by atoms with Crippen LogP contribution in [0, 0.1) is 13.8 Å². The summed E-state index contributed by atoms with van der Waals surface area (Å²) in [5, 5.41) is 5.41. The number of hydrogen-bond acceptors (Lipinski definition) is 6. The number of ether oxygens (including phenoxy) is 2. The Bertz CT molecular complexity index is 1480. The first kappa shape index (κ1) is 27.4. The Morgan fingerprint density at radius 3 is 2.38 bits per heavy atom. The Labute approximate surface area is 230 Å². The fraction of sp³-hybridized carbons (Fsp3) is 0.172. The Morgan fingerprint density at radius 1 is 0.949 bits per heavy atom. The van der Waals surface area contributed by atoms with E-state index in [9.17, 15) is 19.2 Å². The van der Waals surface area contributed by atoms with Gasteiger partial charge in [-0.3, -0.25) is 19.7 Å². The van der Waals surface area contributed by atoms with Crippen molar-refractivity contribution in [3.63, 3.8) is 0 Å². The van der Waals surface area contributed by atoms with Crippen molar-refractivity contribution in [2.24, 2.45) is 0 Å². The maximum atomic E-state index is 13.1. The summed E-state index contributed by atoms with van der Waals surface area (Å²) in [7, 11) is 0. The lowest BCUT2D eigenvalue weighted by Crippen LogP contribution is -2.54. The number of nitrogens with zero attached hydrogens (tertiary/aromatic N) is 1. The zero-order valence-electron chi connectivity index (χ0n) is 21.5. The van der Waals surface area contributed by atoms with Crippen LogP contribution in [0.5, 0.6) is 11.5 Å². The molecule has 0 atom stereocenters. The molecule has 2 N–H and O–H groups in total. The molecule has 0 bridgehead atoms. The van der Waals surface area contributed by atoms with E-state index in [0.717, 1.165) is 16.0 Å². The van der Waals surface area contributed by atoms with Crippen molar-refractivity contribution in [1.29, 1.82) is 0 Å². The molecule has 39 heavy (non-hydrogen) atoms. The summed E-state index contributed by atoms with van der Waals surface area (Å²) < 4.78 is 11.4. The van der Waals surface area contributed by atoms with Crippen LogP contribution in [-0.4, -0.2) is 37.0 Å². The van der Waals surface area contributed by atoms with Crippen molar-refractivity contribution in [1.82, 2.24) is 5.32 Å². The van der Waals surface area contributed by atoms with E-state index in [2.05, 4.69) is 10.6 Å². The SMILES string of the molecule is CCOc1cc(/C=C2/C(=O)NC(=O)N(c3ccc(Cl)cc3)C2=O)ccc1OCC(=O)Nc1ccc(C)c(C)c1. The second-order valence-electron chi connectivity index (χ2n) is 8.71. The molecule has 1 heterocycles. The quantitative estimate of drug-likeness (QED) is 0.302. The maximum absolute atomic E-state index is 13.1. The number of urea groups is 1. The highest BCUT2D eigenvalue weighted by atomic mass is 35.5. The van der Waals surface area contributed by atoms with Crippen molar-refractivity contribution in [3.05, 3.63) is 87.9 Å². The van der Waals surface area contributed by atoms with Gasteiger partial charge in [0.05, 0.1) is 12.3 Å². The van der Waals surface area contributed by atoms with Gasteiger partial charge in [0.25, 0.3) is 17.7 Å². The number of amides is 5. The van der Waals surface area contributed by atoms with Crippen LogP contribution in [0.15, 0.2) is 66.2 Å². The van der Waals surface area contributed by atoms with E-state index in [1.54, 1.807) is 25.1 Å². The molecule has 10 heteroatoms. The number of carbonyl (C=O) groups is 4. The number of aryl methyl sites for hydroxylation is 2. The minimum absolute atomic E-state index is 0.242. The van der Waals surface area contributed by atoms with E-state index in [0.29, 0.717) is 34.4 Å². The summed E-state index contributed by atoms with van der Waals surface area (Å²) in [4.78, 5) is 51.3. The van der Waals surface area contributed by atoms with E-state index in [-0.39, 0.29) is 23.8 Å². The molecule has 3 aromatic rings. The Kier molecular flexibility index (Phi) is 8.31. The van der Waals surface area contributed by atoms with Gasteiger partial charge in [-0.1, -0.05) is 23.7 Å². The molecule has 5 amide bonds. The molecule has 3 aromatic carbocycles. The number of rotatable bonds is 8. The summed E-state index contributed by atoms with van der Waals surface area (Å²) in [6.45, 7) is 5.79. The molecule has 0 spiro atoms. The van der Waals surface area contributed by atoms with Crippen molar-refractivity contribution in [3.8, 4) is 11.5 Å². The van der Waals surface area contributed by atoms with E-state index >= 15 is 0 Å². The van der Waals surface area contributed by atoms with Gasteiger partial charge in [0.15, 0.2) is 18.1 Å².